The lowest BCUT2D eigenvalue weighted by Crippen LogP contribution is -2.22. The van der Waals surface area contributed by atoms with E-state index in [1.807, 2.05) is 0 Å². The molecule has 0 aliphatic rings. The average molecular weight is 458 g/mol. The molecular formula is C22H20ClN3O4S. The molecule has 160 valence electrons. The maximum Gasteiger partial charge on any atom is 0.261 e. The third-order valence-corrected chi connectivity index (χ3v) is 6.04. The second kappa shape index (κ2) is 9.20. The normalized spacial score (nSPS) is 10.9. The second-order valence-electron chi connectivity index (χ2n) is 6.84. The van der Waals surface area contributed by atoms with Crippen LogP contribution in [0.4, 0.5) is 11.4 Å². The van der Waals surface area contributed by atoms with Crippen LogP contribution < -0.4 is 10.0 Å². The van der Waals surface area contributed by atoms with E-state index in [4.69, 9.17) is 11.6 Å². The minimum Gasteiger partial charge on any atom is -0.345 e. The van der Waals surface area contributed by atoms with Gasteiger partial charge < -0.3 is 10.2 Å². The summed E-state index contributed by atoms with van der Waals surface area (Å²) in [5.74, 6) is -0.695. The minimum atomic E-state index is -3.72. The van der Waals surface area contributed by atoms with Gasteiger partial charge in [-0.15, -0.1) is 0 Å². The summed E-state index contributed by atoms with van der Waals surface area (Å²) in [5, 5.41) is 2.99. The molecular weight excluding hydrogens is 438 g/mol. The lowest BCUT2D eigenvalue weighted by atomic mass is 10.1. The third-order valence-electron chi connectivity index (χ3n) is 4.31. The molecule has 0 fully saturated rings. The fourth-order valence-corrected chi connectivity index (χ4v) is 3.99. The number of sulfonamides is 1. The molecule has 3 aromatic carbocycles. The minimum absolute atomic E-state index is 0.141. The highest BCUT2D eigenvalue weighted by atomic mass is 35.5. The van der Waals surface area contributed by atoms with Crippen molar-refractivity contribution >= 4 is 44.8 Å². The Morgan fingerprint density at radius 1 is 0.871 bits per heavy atom. The summed E-state index contributed by atoms with van der Waals surface area (Å²) in [5.41, 5.74) is 1.33. The highest BCUT2D eigenvalue weighted by molar-refractivity contribution is 7.92. The van der Waals surface area contributed by atoms with E-state index in [0.29, 0.717) is 16.9 Å². The predicted molar refractivity (Wildman–Crippen MR) is 121 cm³/mol. The molecule has 31 heavy (non-hydrogen) atoms. The van der Waals surface area contributed by atoms with E-state index in [2.05, 4.69) is 10.0 Å². The number of hydrogen-bond acceptors (Lipinski definition) is 4. The van der Waals surface area contributed by atoms with E-state index in [1.165, 1.54) is 53.4 Å². The summed E-state index contributed by atoms with van der Waals surface area (Å²) < 4.78 is 27.3. The van der Waals surface area contributed by atoms with Gasteiger partial charge in [0, 0.05) is 31.0 Å². The van der Waals surface area contributed by atoms with Crippen molar-refractivity contribution in [3.8, 4) is 0 Å². The molecule has 3 rings (SSSR count). The number of carbonyl (C=O) groups is 2. The van der Waals surface area contributed by atoms with Crippen LogP contribution in [0, 0.1) is 0 Å². The zero-order valence-corrected chi connectivity index (χ0v) is 18.4. The van der Waals surface area contributed by atoms with Crippen LogP contribution in [0.25, 0.3) is 0 Å². The molecule has 0 aromatic heterocycles. The van der Waals surface area contributed by atoms with Gasteiger partial charge in [-0.1, -0.05) is 29.8 Å². The van der Waals surface area contributed by atoms with Crippen LogP contribution in [-0.4, -0.2) is 39.2 Å². The maximum absolute atomic E-state index is 12.6. The van der Waals surface area contributed by atoms with Gasteiger partial charge >= 0.3 is 0 Å². The Morgan fingerprint density at radius 3 is 2.10 bits per heavy atom. The first kappa shape index (κ1) is 22.3. The molecule has 0 heterocycles. The van der Waals surface area contributed by atoms with Gasteiger partial charge in [0.1, 0.15) is 0 Å². The van der Waals surface area contributed by atoms with Crippen LogP contribution in [0.1, 0.15) is 20.7 Å². The van der Waals surface area contributed by atoms with Crippen molar-refractivity contribution in [1.29, 1.82) is 0 Å². The van der Waals surface area contributed by atoms with Crippen LogP contribution in [0.5, 0.6) is 0 Å². The molecule has 0 aliphatic heterocycles. The summed E-state index contributed by atoms with van der Waals surface area (Å²) >= 11 is 6.09. The molecule has 2 amide bonds. The largest absolute Gasteiger partial charge is 0.345 e. The quantitative estimate of drug-likeness (QED) is 0.582. The van der Waals surface area contributed by atoms with Crippen LogP contribution in [0.15, 0.2) is 77.7 Å². The van der Waals surface area contributed by atoms with Crippen molar-refractivity contribution in [2.75, 3.05) is 24.1 Å². The zero-order chi connectivity index (χ0) is 22.6. The number of amides is 2. The van der Waals surface area contributed by atoms with Gasteiger partial charge in [0.2, 0.25) is 0 Å². The fourth-order valence-electron chi connectivity index (χ4n) is 2.71. The third kappa shape index (κ3) is 5.42. The highest BCUT2D eigenvalue weighted by Crippen LogP contribution is 2.23. The van der Waals surface area contributed by atoms with E-state index in [-0.39, 0.29) is 21.4 Å². The summed E-state index contributed by atoms with van der Waals surface area (Å²) in [6.07, 6.45) is 0. The number of carbonyl (C=O) groups excluding carboxylic acids is 2. The SMILES string of the molecule is CN(C)C(=O)c1cc(NC(=O)c2ccc(NS(=O)(=O)c3ccccc3)cc2)ccc1Cl. The Hall–Kier alpha value is -3.36. The molecule has 0 unspecified atom stereocenters. The molecule has 9 heteroatoms. The van der Waals surface area contributed by atoms with E-state index < -0.39 is 15.9 Å². The molecule has 0 radical (unpaired) electrons. The molecule has 3 aromatic rings. The molecule has 0 aliphatic carbocycles. The van der Waals surface area contributed by atoms with E-state index in [0.717, 1.165) is 0 Å². The first-order valence-electron chi connectivity index (χ1n) is 9.18. The van der Waals surface area contributed by atoms with Crippen molar-refractivity contribution in [2.45, 2.75) is 4.90 Å². The Balaban J connectivity index is 1.73. The van der Waals surface area contributed by atoms with E-state index >= 15 is 0 Å². The summed E-state index contributed by atoms with van der Waals surface area (Å²) in [6, 6.07) is 18.6. The van der Waals surface area contributed by atoms with E-state index in [9.17, 15) is 18.0 Å². The summed E-state index contributed by atoms with van der Waals surface area (Å²) in [7, 11) is -0.501. The zero-order valence-electron chi connectivity index (χ0n) is 16.8. The Morgan fingerprint density at radius 2 is 1.48 bits per heavy atom. The molecule has 0 saturated heterocycles. The number of rotatable bonds is 6. The number of nitrogens with zero attached hydrogens (tertiary/aromatic N) is 1. The smallest absolute Gasteiger partial charge is 0.261 e. The molecule has 7 nitrogen and oxygen atoms in total. The second-order valence-corrected chi connectivity index (χ2v) is 8.93. The topological polar surface area (TPSA) is 95.6 Å². The standard InChI is InChI=1S/C22H20ClN3O4S/c1-26(2)22(28)19-14-17(12-13-20(19)23)24-21(27)15-8-10-16(11-9-15)25-31(29,30)18-6-4-3-5-7-18/h3-14,25H,1-2H3,(H,24,27). The molecule has 0 saturated carbocycles. The number of anilines is 2. The number of hydrogen-bond donors (Lipinski definition) is 2. The van der Waals surface area contributed by atoms with Gasteiger partial charge in [-0.2, -0.15) is 0 Å². The van der Waals surface area contributed by atoms with Gasteiger partial charge in [-0.05, 0) is 54.6 Å². The number of benzene rings is 3. The van der Waals surface area contributed by atoms with Crippen LogP contribution in [0.2, 0.25) is 5.02 Å². The molecule has 0 spiro atoms. The van der Waals surface area contributed by atoms with Crippen molar-refractivity contribution < 1.29 is 18.0 Å². The number of nitrogens with one attached hydrogen (secondary N) is 2. The molecule has 0 atom stereocenters. The van der Waals surface area contributed by atoms with Gasteiger partial charge in [-0.25, -0.2) is 8.42 Å². The fraction of sp³-hybridized carbons (Fsp3) is 0.0909. The van der Waals surface area contributed by atoms with Crippen LogP contribution >= 0.6 is 11.6 Å². The first-order valence-corrected chi connectivity index (χ1v) is 11.0. The Bertz CT molecular complexity index is 1210. The van der Waals surface area contributed by atoms with Gasteiger partial charge in [0.15, 0.2) is 0 Å². The van der Waals surface area contributed by atoms with Gasteiger partial charge in [0.05, 0.1) is 15.5 Å². The highest BCUT2D eigenvalue weighted by Gasteiger charge is 2.16. The summed E-state index contributed by atoms with van der Waals surface area (Å²) in [6.45, 7) is 0. The van der Waals surface area contributed by atoms with Crippen LogP contribution in [0.3, 0.4) is 0 Å². The average Bonchev–Trinajstić information content (AvgIpc) is 2.75. The molecule has 0 bridgehead atoms. The Labute approximate surface area is 185 Å². The van der Waals surface area contributed by atoms with Crippen molar-refractivity contribution in [3.05, 3.63) is 88.9 Å². The van der Waals surface area contributed by atoms with Crippen molar-refractivity contribution in [1.82, 2.24) is 4.90 Å². The summed E-state index contributed by atoms with van der Waals surface area (Å²) in [4.78, 5) is 26.3. The predicted octanol–water partition coefficient (Wildman–Crippen LogP) is 4.09. The van der Waals surface area contributed by atoms with E-state index in [1.54, 1.807) is 38.4 Å². The maximum atomic E-state index is 12.6. The first-order chi connectivity index (χ1) is 14.7. The lowest BCUT2D eigenvalue weighted by molar-refractivity contribution is 0.0827. The van der Waals surface area contributed by atoms with Crippen LogP contribution in [-0.2, 0) is 10.0 Å². The molecule has 2 N–H and O–H groups in total. The lowest BCUT2D eigenvalue weighted by Gasteiger charge is -2.13. The van der Waals surface area contributed by atoms with Crippen molar-refractivity contribution in [2.24, 2.45) is 0 Å². The Kier molecular flexibility index (Phi) is 6.62. The van der Waals surface area contributed by atoms with Gasteiger partial charge in [-0.3, -0.25) is 14.3 Å². The van der Waals surface area contributed by atoms with Gasteiger partial charge in [0.25, 0.3) is 21.8 Å². The monoisotopic (exact) mass is 457 g/mol. The number of halogens is 1. The van der Waals surface area contributed by atoms with Crippen molar-refractivity contribution in [3.63, 3.8) is 0 Å².